The zero-order valence-corrected chi connectivity index (χ0v) is 13.3. The number of rotatable bonds is 13. The first-order valence-electron chi connectivity index (χ1n) is 8.15. The second-order valence-electron chi connectivity index (χ2n) is 5.07. The van der Waals surface area contributed by atoms with E-state index in [0.717, 1.165) is 19.5 Å². The lowest BCUT2D eigenvalue weighted by Gasteiger charge is -2.21. The van der Waals surface area contributed by atoms with Crippen LogP contribution in [0.1, 0.15) is 65.7 Å². The van der Waals surface area contributed by atoms with Crippen LogP contribution in [0.5, 0.6) is 0 Å². The Bertz CT molecular complexity index is 222. The van der Waals surface area contributed by atoms with Crippen LogP contribution in [-0.4, -0.2) is 43.6 Å². The van der Waals surface area contributed by atoms with Gasteiger partial charge in [-0.05, 0) is 45.8 Å². The fourth-order valence-corrected chi connectivity index (χ4v) is 2.05. The molecule has 0 aromatic carbocycles. The molecule has 0 amide bonds. The maximum Gasteiger partial charge on any atom is 0.0892 e. The van der Waals surface area contributed by atoms with Crippen LogP contribution in [0.15, 0.2) is 9.98 Å². The van der Waals surface area contributed by atoms with E-state index in [2.05, 4.69) is 34.7 Å². The van der Waals surface area contributed by atoms with Crippen molar-refractivity contribution < 1.29 is 0 Å². The Morgan fingerprint density at radius 3 is 1.84 bits per heavy atom. The van der Waals surface area contributed by atoms with Crippen molar-refractivity contribution in [2.75, 3.05) is 32.7 Å². The van der Waals surface area contributed by atoms with Crippen molar-refractivity contribution in [3.63, 3.8) is 0 Å². The van der Waals surface area contributed by atoms with Crippen molar-refractivity contribution in [2.45, 2.75) is 65.7 Å². The smallest absolute Gasteiger partial charge is 0.0892 e. The van der Waals surface area contributed by atoms with Crippen LogP contribution < -0.4 is 0 Å². The van der Waals surface area contributed by atoms with Gasteiger partial charge in [-0.15, -0.1) is 0 Å². The number of hydrogen-bond acceptors (Lipinski definition) is 3. The van der Waals surface area contributed by atoms with E-state index in [0.29, 0.717) is 0 Å². The summed E-state index contributed by atoms with van der Waals surface area (Å²) in [7, 11) is 0. The molecule has 3 nitrogen and oxygen atoms in total. The van der Waals surface area contributed by atoms with Gasteiger partial charge in [0.15, 0.2) is 0 Å². The van der Waals surface area contributed by atoms with E-state index in [-0.39, 0.29) is 0 Å². The van der Waals surface area contributed by atoms with Gasteiger partial charge < -0.3 is 4.90 Å². The third-order valence-electron chi connectivity index (χ3n) is 3.20. The van der Waals surface area contributed by atoms with Gasteiger partial charge in [-0.2, -0.15) is 0 Å². The summed E-state index contributed by atoms with van der Waals surface area (Å²) in [5.74, 6) is 0. The maximum atomic E-state index is 4.18. The van der Waals surface area contributed by atoms with E-state index in [1.807, 2.05) is 6.92 Å². The van der Waals surface area contributed by atoms with Gasteiger partial charge in [0.25, 0.3) is 0 Å². The van der Waals surface area contributed by atoms with Crippen LogP contribution in [0.4, 0.5) is 0 Å². The molecule has 0 aliphatic rings. The lowest BCUT2D eigenvalue weighted by atomic mass is 10.2. The Kier molecular flexibility index (Phi) is 14.9. The van der Waals surface area contributed by atoms with Crippen molar-refractivity contribution in [1.29, 1.82) is 0 Å². The van der Waals surface area contributed by atoms with E-state index in [9.17, 15) is 0 Å². The van der Waals surface area contributed by atoms with Crippen molar-refractivity contribution in [2.24, 2.45) is 9.98 Å². The normalized spacial score (nSPS) is 10.5. The molecule has 0 saturated carbocycles. The molecule has 0 aromatic heterocycles. The van der Waals surface area contributed by atoms with E-state index in [1.54, 1.807) is 0 Å². The minimum atomic E-state index is 0.781. The average Bonchev–Trinajstić information content (AvgIpc) is 2.42. The first-order valence-corrected chi connectivity index (χ1v) is 8.15. The van der Waals surface area contributed by atoms with E-state index < -0.39 is 0 Å². The molecular formula is C16H33N3. The Morgan fingerprint density at radius 2 is 1.32 bits per heavy atom. The summed E-state index contributed by atoms with van der Waals surface area (Å²) in [6.45, 7) is 11.9. The standard InChI is InChI=1S/C16H33N3/c1-4-7-9-13-19(14-10-8-5-2)15-11-12-18-16-17-6-3/h4-15H2,1-3H3. The van der Waals surface area contributed by atoms with Crippen molar-refractivity contribution in [1.82, 2.24) is 4.90 Å². The summed E-state index contributed by atoms with van der Waals surface area (Å²) in [5, 5.41) is 0. The minimum absolute atomic E-state index is 0.781. The van der Waals surface area contributed by atoms with Gasteiger partial charge in [0.05, 0.1) is 12.6 Å². The van der Waals surface area contributed by atoms with Crippen molar-refractivity contribution >= 4 is 6.01 Å². The van der Waals surface area contributed by atoms with Gasteiger partial charge in [-0.1, -0.05) is 39.5 Å². The van der Waals surface area contributed by atoms with E-state index in [1.165, 1.54) is 58.2 Å². The molecule has 0 spiro atoms. The van der Waals surface area contributed by atoms with Crippen molar-refractivity contribution in [3.8, 4) is 0 Å². The largest absolute Gasteiger partial charge is 0.303 e. The third kappa shape index (κ3) is 13.6. The fraction of sp³-hybridized carbons (Fsp3) is 0.938. The predicted molar refractivity (Wildman–Crippen MR) is 85.4 cm³/mol. The first-order chi connectivity index (χ1) is 9.35. The quantitative estimate of drug-likeness (QED) is 0.362. The molecule has 0 aliphatic heterocycles. The second-order valence-corrected chi connectivity index (χ2v) is 5.07. The van der Waals surface area contributed by atoms with Gasteiger partial charge in [-0.3, -0.25) is 0 Å². The van der Waals surface area contributed by atoms with Gasteiger partial charge in [-0.25, -0.2) is 9.98 Å². The molecule has 3 heteroatoms. The van der Waals surface area contributed by atoms with E-state index >= 15 is 0 Å². The topological polar surface area (TPSA) is 28.0 Å². The summed E-state index contributed by atoms with van der Waals surface area (Å²) >= 11 is 0. The molecule has 0 fully saturated rings. The summed E-state index contributed by atoms with van der Waals surface area (Å²) < 4.78 is 0. The highest BCUT2D eigenvalue weighted by atomic mass is 15.1. The summed E-state index contributed by atoms with van der Waals surface area (Å²) in [4.78, 5) is 10.8. The van der Waals surface area contributed by atoms with Gasteiger partial charge >= 0.3 is 0 Å². The van der Waals surface area contributed by atoms with Crippen LogP contribution >= 0.6 is 0 Å². The number of unbranched alkanes of at least 4 members (excludes halogenated alkanes) is 4. The molecule has 0 heterocycles. The summed E-state index contributed by atoms with van der Waals surface area (Å²) in [5.41, 5.74) is 0. The molecular weight excluding hydrogens is 234 g/mol. The second kappa shape index (κ2) is 15.4. The average molecular weight is 267 g/mol. The molecule has 0 bridgehead atoms. The predicted octanol–water partition coefficient (Wildman–Crippen LogP) is 4.25. The van der Waals surface area contributed by atoms with E-state index in [4.69, 9.17) is 0 Å². The van der Waals surface area contributed by atoms with Crippen molar-refractivity contribution in [3.05, 3.63) is 0 Å². The number of aliphatic imine (C=N–C) groups is 2. The van der Waals surface area contributed by atoms with Crippen LogP contribution in [0.25, 0.3) is 0 Å². The van der Waals surface area contributed by atoms with Crippen LogP contribution in [-0.2, 0) is 0 Å². The van der Waals surface area contributed by atoms with Crippen LogP contribution in [0.3, 0.4) is 0 Å². The molecule has 0 aliphatic carbocycles. The molecule has 0 saturated heterocycles. The zero-order valence-electron chi connectivity index (χ0n) is 13.3. The minimum Gasteiger partial charge on any atom is -0.303 e. The molecule has 0 unspecified atom stereocenters. The molecule has 0 aromatic rings. The third-order valence-corrected chi connectivity index (χ3v) is 3.20. The maximum absolute atomic E-state index is 4.18. The molecule has 19 heavy (non-hydrogen) atoms. The van der Waals surface area contributed by atoms with Gasteiger partial charge in [0.1, 0.15) is 0 Å². The van der Waals surface area contributed by atoms with Crippen LogP contribution in [0.2, 0.25) is 0 Å². The van der Waals surface area contributed by atoms with Gasteiger partial charge in [0.2, 0.25) is 0 Å². The lowest BCUT2D eigenvalue weighted by Crippen LogP contribution is -2.27. The zero-order chi connectivity index (χ0) is 14.2. The molecule has 0 radical (unpaired) electrons. The number of nitrogens with zero attached hydrogens (tertiary/aromatic N) is 3. The SMILES string of the molecule is CCCCCN(CCCCC)CCCN=C=NCC. The molecule has 0 N–H and O–H groups in total. The Labute approximate surface area is 120 Å². The molecule has 0 rings (SSSR count). The fourth-order valence-electron chi connectivity index (χ4n) is 2.05. The first kappa shape index (κ1) is 18.3. The monoisotopic (exact) mass is 267 g/mol. The Balaban J connectivity index is 3.79. The highest BCUT2D eigenvalue weighted by Gasteiger charge is 2.03. The number of hydrogen-bond donors (Lipinski definition) is 0. The lowest BCUT2D eigenvalue weighted by molar-refractivity contribution is 0.260. The van der Waals surface area contributed by atoms with Crippen LogP contribution in [0, 0.1) is 0 Å². The Hall–Kier alpha value is -0.660. The highest BCUT2D eigenvalue weighted by Crippen LogP contribution is 2.03. The molecule has 0 atom stereocenters. The Morgan fingerprint density at radius 1 is 0.737 bits per heavy atom. The molecule has 112 valence electrons. The highest BCUT2D eigenvalue weighted by molar-refractivity contribution is 5.40. The summed E-state index contributed by atoms with van der Waals surface area (Å²) in [6, 6.07) is 2.74. The van der Waals surface area contributed by atoms with Gasteiger partial charge in [0, 0.05) is 6.54 Å². The summed E-state index contributed by atoms with van der Waals surface area (Å²) in [6.07, 6.45) is 9.12.